The summed E-state index contributed by atoms with van der Waals surface area (Å²) >= 11 is 0. The van der Waals surface area contributed by atoms with Crippen LogP contribution in [0.3, 0.4) is 0 Å². The van der Waals surface area contributed by atoms with E-state index in [1.54, 1.807) is 48.5 Å². The van der Waals surface area contributed by atoms with E-state index in [2.05, 4.69) is 25.3 Å². The molecule has 204 valence electrons. The Balaban J connectivity index is 2.10. The van der Waals surface area contributed by atoms with E-state index in [0.29, 0.717) is 48.1 Å². The van der Waals surface area contributed by atoms with Crippen LogP contribution < -0.4 is 14.2 Å². The predicted molar refractivity (Wildman–Crippen MR) is 148 cm³/mol. The van der Waals surface area contributed by atoms with E-state index >= 15 is 0 Å². The number of Topliss-reactive ketones (excluding diaryl/α,β-unsaturated/α-hetero) is 1. The highest BCUT2D eigenvalue weighted by molar-refractivity contribution is 6.46. The van der Waals surface area contributed by atoms with Crippen molar-refractivity contribution in [2.45, 2.75) is 39.8 Å². The Labute approximate surface area is 225 Å². The molecule has 8 nitrogen and oxygen atoms in total. The Bertz CT molecular complexity index is 1170. The van der Waals surface area contributed by atoms with E-state index in [9.17, 15) is 14.7 Å². The maximum Gasteiger partial charge on any atom is 0.295 e. The molecule has 3 rings (SSSR count). The lowest BCUT2D eigenvalue weighted by Crippen LogP contribution is -2.38. The normalized spacial score (nSPS) is 16.8. The molecule has 1 atom stereocenters. The first kappa shape index (κ1) is 28.8. The van der Waals surface area contributed by atoms with Gasteiger partial charge in [0.2, 0.25) is 0 Å². The molecule has 0 bridgehead atoms. The summed E-state index contributed by atoms with van der Waals surface area (Å²) in [5.74, 6) is 0.00846. The van der Waals surface area contributed by atoms with E-state index in [-0.39, 0.29) is 17.4 Å². The van der Waals surface area contributed by atoms with Gasteiger partial charge in [-0.2, -0.15) is 0 Å². The second-order valence-corrected chi connectivity index (χ2v) is 9.22. The van der Waals surface area contributed by atoms with Gasteiger partial charge in [0.15, 0.2) is 11.5 Å². The van der Waals surface area contributed by atoms with Gasteiger partial charge < -0.3 is 29.1 Å². The van der Waals surface area contributed by atoms with Crippen LogP contribution in [0.4, 0.5) is 0 Å². The van der Waals surface area contributed by atoms with E-state index in [4.69, 9.17) is 14.2 Å². The van der Waals surface area contributed by atoms with Gasteiger partial charge in [0.05, 0.1) is 24.8 Å². The topological polar surface area (TPSA) is 88.5 Å². The summed E-state index contributed by atoms with van der Waals surface area (Å²) in [5.41, 5.74) is 1.09. The zero-order valence-corrected chi connectivity index (χ0v) is 22.9. The molecule has 0 aromatic heterocycles. The van der Waals surface area contributed by atoms with Crippen LogP contribution in [-0.2, 0) is 9.59 Å². The van der Waals surface area contributed by atoms with Crippen LogP contribution in [0, 0.1) is 0 Å². The number of methoxy groups -OCH3 is 1. The predicted octanol–water partition coefficient (Wildman–Crippen LogP) is 4.81. The number of carbonyl (C=O) groups is 2. The summed E-state index contributed by atoms with van der Waals surface area (Å²) in [6.07, 6.45) is 1.63. The van der Waals surface area contributed by atoms with Crippen LogP contribution in [0.2, 0.25) is 0 Å². The summed E-state index contributed by atoms with van der Waals surface area (Å²) in [6.45, 7) is 14.5. The number of nitrogens with zero attached hydrogens (tertiary/aromatic N) is 2. The Morgan fingerprint density at radius 3 is 2.37 bits per heavy atom. The number of amides is 1. The van der Waals surface area contributed by atoms with Gasteiger partial charge in [0, 0.05) is 18.7 Å². The number of hydrogen-bond donors (Lipinski definition) is 1. The van der Waals surface area contributed by atoms with Crippen LogP contribution >= 0.6 is 0 Å². The largest absolute Gasteiger partial charge is 0.507 e. The lowest BCUT2D eigenvalue weighted by atomic mass is 9.95. The summed E-state index contributed by atoms with van der Waals surface area (Å²) in [7, 11) is 1.53. The molecule has 1 fully saturated rings. The molecular formula is C30H38N2O6. The molecule has 0 spiro atoms. The molecule has 1 unspecified atom stereocenters. The van der Waals surface area contributed by atoms with Gasteiger partial charge >= 0.3 is 0 Å². The van der Waals surface area contributed by atoms with Crippen LogP contribution in [-0.4, -0.2) is 72.6 Å². The summed E-state index contributed by atoms with van der Waals surface area (Å²) in [6, 6.07) is 11.3. The number of likely N-dealkylation sites (tertiary alicyclic amines) is 1. The molecule has 1 heterocycles. The van der Waals surface area contributed by atoms with Gasteiger partial charge in [-0.3, -0.25) is 9.59 Å². The number of aliphatic hydroxyl groups excluding tert-OH is 1. The van der Waals surface area contributed by atoms with E-state index < -0.39 is 17.7 Å². The van der Waals surface area contributed by atoms with E-state index in [1.165, 1.54) is 12.0 Å². The molecule has 8 heteroatoms. The van der Waals surface area contributed by atoms with Gasteiger partial charge in [-0.25, -0.2) is 0 Å². The number of hydrogen-bond acceptors (Lipinski definition) is 7. The summed E-state index contributed by atoms with van der Waals surface area (Å²) < 4.78 is 16.9. The maximum atomic E-state index is 13.4. The minimum Gasteiger partial charge on any atom is -0.507 e. The quantitative estimate of drug-likeness (QED) is 0.175. The van der Waals surface area contributed by atoms with Crippen LogP contribution in [0.25, 0.3) is 5.76 Å². The number of benzene rings is 2. The Hall–Kier alpha value is -3.78. The minimum absolute atomic E-state index is 0.000935. The van der Waals surface area contributed by atoms with Crippen molar-refractivity contribution in [3.63, 3.8) is 0 Å². The average Bonchev–Trinajstić information content (AvgIpc) is 3.17. The molecule has 0 aliphatic carbocycles. The maximum absolute atomic E-state index is 13.4. The van der Waals surface area contributed by atoms with Crippen molar-refractivity contribution in [1.82, 2.24) is 9.80 Å². The van der Waals surface area contributed by atoms with Crippen molar-refractivity contribution in [3.8, 4) is 17.2 Å². The zero-order chi connectivity index (χ0) is 27.8. The molecule has 38 heavy (non-hydrogen) atoms. The third-order valence-corrected chi connectivity index (χ3v) is 6.45. The Kier molecular flexibility index (Phi) is 9.96. The SMILES string of the molecule is C=CCOc1ccc(C2/C(=C(\O)c3ccc(OC(C)C)cc3)C(=O)C(=O)N2CCN(CC)CC)cc1OC. The highest BCUT2D eigenvalue weighted by Gasteiger charge is 2.46. The molecule has 1 saturated heterocycles. The Morgan fingerprint density at radius 2 is 1.79 bits per heavy atom. The van der Waals surface area contributed by atoms with Gasteiger partial charge in [-0.15, -0.1) is 0 Å². The molecular weight excluding hydrogens is 484 g/mol. The first-order valence-electron chi connectivity index (χ1n) is 12.9. The second-order valence-electron chi connectivity index (χ2n) is 9.22. The first-order chi connectivity index (χ1) is 18.2. The number of likely N-dealkylation sites (N-methyl/N-ethyl adjacent to an activating group) is 1. The van der Waals surface area contributed by atoms with Crippen molar-refractivity contribution in [2.75, 3.05) is 39.9 Å². The van der Waals surface area contributed by atoms with Crippen molar-refractivity contribution in [1.29, 1.82) is 0 Å². The Morgan fingerprint density at radius 1 is 1.11 bits per heavy atom. The van der Waals surface area contributed by atoms with Gasteiger partial charge in [-0.05, 0) is 68.9 Å². The number of ketones is 1. The monoisotopic (exact) mass is 522 g/mol. The molecule has 0 saturated carbocycles. The number of carbonyl (C=O) groups excluding carboxylic acids is 2. The molecule has 2 aromatic carbocycles. The number of ether oxygens (including phenoxy) is 3. The van der Waals surface area contributed by atoms with E-state index in [1.807, 2.05) is 13.8 Å². The molecule has 2 aromatic rings. The smallest absolute Gasteiger partial charge is 0.295 e. The summed E-state index contributed by atoms with van der Waals surface area (Å²) in [5, 5.41) is 11.4. The van der Waals surface area contributed by atoms with Crippen molar-refractivity contribution in [2.24, 2.45) is 0 Å². The number of rotatable bonds is 13. The third-order valence-electron chi connectivity index (χ3n) is 6.45. The van der Waals surface area contributed by atoms with Crippen molar-refractivity contribution >= 4 is 17.4 Å². The molecule has 1 amide bonds. The highest BCUT2D eigenvalue weighted by Crippen LogP contribution is 2.42. The lowest BCUT2D eigenvalue weighted by molar-refractivity contribution is -0.140. The molecule has 1 aliphatic heterocycles. The van der Waals surface area contributed by atoms with E-state index in [0.717, 1.165) is 13.1 Å². The lowest BCUT2D eigenvalue weighted by Gasteiger charge is -2.28. The van der Waals surface area contributed by atoms with Crippen molar-refractivity contribution < 1.29 is 28.9 Å². The minimum atomic E-state index is -0.792. The van der Waals surface area contributed by atoms with Crippen LogP contribution in [0.15, 0.2) is 60.7 Å². The molecule has 1 aliphatic rings. The van der Waals surface area contributed by atoms with Crippen molar-refractivity contribution in [3.05, 3.63) is 71.8 Å². The van der Waals surface area contributed by atoms with Gasteiger partial charge in [0.1, 0.15) is 18.1 Å². The third kappa shape index (κ3) is 6.37. The van der Waals surface area contributed by atoms with Crippen LogP contribution in [0.1, 0.15) is 44.9 Å². The molecule has 1 N–H and O–H groups in total. The first-order valence-corrected chi connectivity index (χ1v) is 12.9. The summed E-state index contributed by atoms with van der Waals surface area (Å²) in [4.78, 5) is 30.4. The average molecular weight is 523 g/mol. The zero-order valence-electron chi connectivity index (χ0n) is 22.9. The highest BCUT2D eigenvalue weighted by atomic mass is 16.5. The fraction of sp³-hybridized carbons (Fsp3) is 0.400. The molecule has 0 radical (unpaired) electrons. The number of aliphatic hydroxyl groups is 1. The van der Waals surface area contributed by atoms with Crippen LogP contribution in [0.5, 0.6) is 17.2 Å². The van der Waals surface area contributed by atoms with Gasteiger partial charge in [-0.1, -0.05) is 32.6 Å². The fourth-order valence-electron chi connectivity index (χ4n) is 4.49. The fourth-order valence-corrected chi connectivity index (χ4v) is 4.49. The van der Waals surface area contributed by atoms with Gasteiger partial charge in [0.25, 0.3) is 11.7 Å². The standard InChI is InChI=1S/C30H38N2O6/c1-7-18-37-24-15-12-22(19-25(24)36-6)27-26(28(33)21-10-13-23(14-11-21)38-20(4)5)29(34)30(35)32(27)17-16-31(8-2)9-3/h7,10-15,19-20,27,33H,1,8-9,16-18H2,2-6H3/b28-26+. The second kappa shape index (κ2) is 13.1.